The van der Waals surface area contributed by atoms with Crippen molar-refractivity contribution in [3.05, 3.63) is 48.5 Å². The van der Waals surface area contributed by atoms with Crippen LogP contribution >= 0.6 is 0 Å². The molecule has 2 aromatic rings. The van der Waals surface area contributed by atoms with E-state index in [-0.39, 0.29) is 11.9 Å². The summed E-state index contributed by atoms with van der Waals surface area (Å²) in [5, 5.41) is 0. The smallest absolute Gasteiger partial charge is 0.317 e. The van der Waals surface area contributed by atoms with Crippen molar-refractivity contribution < 1.29 is 19.1 Å². The predicted octanol–water partition coefficient (Wildman–Crippen LogP) is 8.17. The molecule has 0 radical (unpaired) electrons. The molecule has 4 rings (SSSR count). The van der Waals surface area contributed by atoms with Crippen LogP contribution in [0.5, 0.6) is 11.5 Å². The van der Waals surface area contributed by atoms with E-state index in [1.807, 2.05) is 55.5 Å². The molecule has 4 heteroatoms. The number of rotatable bonds is 10. The molecule has 36 heavy (non-hydrogen) atoms. The molecule has 0 aromatic heterocycles. The summed E-state index contributed by atoms with van der Waals surface area (Å²) in [6.07, 6.45) is 11.7. The van der Waals surface area contributed by atoms with E-state index >= 15 is 0 Å². The van der Waals surface area contributed by atoms with Crippen molar-refractivity contribution >= 4 is 11.8 Å². The Hall–Kier alpha value is -2.62. The lowest BCUT2D eigenvalue weighted by atomic mass is 9.59. The highest BCUT2D eigenvalue weighted by Crippen LogP contribution is 2.50. The van der Waals surface area contributed by atoms with E-state index in [1.165, 1.54) is 19.3 Å². The van der Waals surface area contributed by atoms with Crippen molar-refractivity contribution in [2.24, 2.45) is 17.3 Å². The second-order valence-electron chi connectivity index (χ2n) is 10.7. The van der Waals surface area contributed by atoms with Gasteiger partial charge < -0.3 is 9.47 Å². The summed E-state index contributed by atoms with van der Waals surface area (Å²) in [4.78, 5) is 26.5. The number of carbonyl (C=O) groups is 2. The van der Waals surface area contributed by atoms with Gasteiger partial charge in [-0.05, 0) is 93.2 Å². The minimum atomic E-state index is -0.449. The van der Waals surface area contributed by atoms with Gasteiger partial charge in [-0.25, -0.2) is 0 Å². The van der Waals surface area contributed by atoms with Crippen molar-refractivity contribution in [2.75, 3.05) is 6.61 Å². The fraction of sp³-hybridized carbons (Fsp3) is 0.562. The first-order valence-corrected chi connectivity index (χ1v) is 14.1. The molecular weight excluding hydrogens is 448 g/mol. The first kappa shape index (κ1) is 26.4. The van der Waals surface area contributed by atoms with Crippen LogP contribution in [-0.2, 0) is 9.59 Å². The lowest BCUT2D eigenvalue weighted by Gasteiger charge is -2.44. The molecule has 0 saturated heterocycles. The van der Waals surface area contributed by atoms with E-state index in [2.05, 4.69) is 6.92 Å². The van der Waals surface area contributed by atoms with Gasteiger partial charge in [0.1, 0.15) is 17.3 Å². The van der Waals surface area contributed by atoms with Gasteiger partial charge in [0.25, 0.3) is 0 Å². The summed E-state index contributed by atoms with van der Waals surface area (Å²) in [6.45, 7) is 4.76. The Morgan fingerprint density at radius 3 is 1.94 bits per heavy atom. The molecule has 2 saturated carbocycles. The molecule has 2 aromatic carbocycles. The normalized spacial score (nSPS) is 22.7. The largest absolute Gasteiger partial charge is 0.494 e. The van der Waals surface area contributed by atoms with Crippen molar-refractivity contribution in [3.8, 4) is 22.6 Å². The molecule has 2 aliphatic carbocycles. The number of carbonyl (C=O) groups excluding carboxylic acids is 2. The highest BCUT2D eigenvalue weighted by atomic mass is 16.5. The Morgan fingerprint density at radius 1 is 0.806 bits per heavy atom. The minimum absolute atomic E-state index is 0.0809. The van der Waals surface area contributed by atoms with E-state index in [9.17, 15) is 9.59 Å². The molecule has 0 amide bonds. The van der Waals surface area contributed by atoms with Crippen molar-refractivity contribution in [2.45, 2.75) is 90.9 Å². The fourth-order valence-electron chi connectivity index (χ4n) is 6.28. The highest BCUT2D eigenvalue weighted by Gasteiger charge is 2.49. The zero-order valence-corrected chi connectivity index (χ0v) is 22.1. The summed E-state index contributed by atoms with van der Waals surface area (Å²) in [5.74, 6) is 2.27. The van der Waals surface area contributed by atoms with Crippen LogP contribution in [0.25, 0.3) is 11.1 Å². The van der Waals surface area contributed by atoms with E-state index in [1.54, 1.807) is 0 Å². The number of unbranched alkanes of at least 4 members (excludes halogenated alkanes) is 1. The number of ether oxygens (including phenoxy) is 2. The van der Waals surface area contributed by atoms with Crippen LogP contribution in [0.1, 0.15) is 90.9 Å². The first-order chi connectivity index (χ1) is 17.6. The van der Waals surface area contributed by atoms with E-state index in [4.69, 9.17) is 9.47 Å². The van der Waals surface area contributed by atoms with Gasteiger partial charge in [0.05, 0.1) is 12.0 Å². The van der Waals surface area contributed by atoms with E-state index < -0.39 is 5.41 Å². The summed E-state index contributed by atoms with van der Waals surface area (Å²) < 4.78 is 11.6. The molecule has 0 N–H and O–H groups in total. The first-order valence-electron chi connectivity index (χ1n) is 14.1. The number of Topliss-reactive ketones (excluding diaryl/α,β-unsaturated/α-hetero) is 1. The Balaban J connectivity index is 1.45. The molecule has 0 heterocycles. The van der Waals surface area contributed by atoms with Crippen LogP contribution in [0.2, 0.25) is 0 Å². The maximum atomic E-state index is 13.8. The average Bonchev–Trinajstić information content (AvgIpc) is 2.93. The van der Waals surface area contributed by atoms with Gasteiger partial charge in [-0.3, -0.25) is 9.59 Å². The molecule has 0 spiro atoms. The maximum Gasteiger partial charge on any atom is 0.317 e. The zero-order chi connectivity index (χ0) is 25.4. The van der Waals surface area contributed by atoms with Crippen LogP contribution in [-0.4, -0.2) is 18.4 Å². The summed E-state index contributed by atoms with van der Waals surface area (Å²) >= 11 is 0. The number of esters is 1. The third-order valence-electron chi connectivity index (χ3n) is 8.47. The lowest BCUT2D eigenvalue weighted by molar-refractivity contribution is -0.155. The minimum Gasteiger partial charge on any atom is -0.494 e. The van der Waals surface area contributed by atoms with Crippen molar-refractivity contribution in [1.29, 1.82) is 0 Å². The second kappa shape index (κ2) is 12.6. The maximum absolute atomic E-state index is 13.8. The summed E-state index contributed by atoms with van der Waals surface area (Å²) in [6, 6.07) is 15.9. The highest BCUT2D eigenvalue weighted by molar-refractivity contribution is 5.83. The van der Waals surface area contributed by atoms with Gasteiger partial charge in [0.15, 0.2) is 0 Å². The lowest BCUT2D eigenvalue weighted by Crippen LogP contribution is -2.46. The monoisotopic (exact) mass is 490 g/mol. The van der Waals surface area contributed by atoms with Crippen LogP contribution in [0.3, 0.4) is 0 Å². The SMILES string of the molecule is CCCCC(=O)C1CCC(C(=O)Oc2ccc(-c3ccc(OCC)cc3)cc2)(C2CCCCC2)CC1. The molecule has 0 unspecified atom stereocenters. The molecular formula is C32H42O4. The molecule has 0 bridgehead atoms. The fourth-order valence-corrected chi connectivity index (χ4v) is 6.28. The number of ketones is 1. The number of benzene rings is 2. The van der Waals surface area contributed by atoms with Gasteiger partial charge in [0.2, 0.25) is 0 Å². The zero-order valence-electron chi connectivity index (χ0n) is 22.1. The molecule has 0 aliphatic heterocycles. The van der Waals surface area contributed by atoms with Gasteiger partial charge >= 0.3 is 5.97 Å². The average molecular weight is 491 g/mol. The molecule has 194 valence electrons. The Labute approximate surface area is 216 Å². The predicted molar refractivity (Wildman–Crippen MR) is 144 cm³/mol. The molecule has 2 aliphatic rings. The van der Waals surface area contributed by atoms with Gasteiger partial charge in [-0.1, -0.05) is 56.9 Å². The number of hydrogen-bond acceptors (Lipinski definition) is 4. The van der Waals surface area contributed by atoms with Crippen molar-refractivity contribution in [3.63, 3.8) is 0 Å². The summed E-state index contributed by atoms with van der Waals surface area (Å²) in [7, 11) is 0. The molecule has 2 fully saturated rings. The third-order valence-corrected chi connectivity index (χ3v) is 8.47. The topological polar surface area (TPSA) is 52.6 Å². The van der Waals surface area contributed by atoms with Crippen LogP contribution < -0.4 is 9.47 Å². The van der Waals surface area contributed by atoms with Gasteiger partial charge in [0, 0.05) is 12.3 Å². The standard InChI is InChI=1S/C32H42O4/c1-3-5-11-30(33)26-20-22-32(23-21-26,27-9-7-6-8-10-27)31(34)36-29-18-14-25(15-19-29)24-12-16-28(17-13-24)35-4-2/h12-19,26-27H,3-11,20-23H2,1-2H3. The van der Waals surface area contributed by atoms with Gasteiger partial charge in [-0.15, -0.1) is 0 Å². The van der Waals surface area contributed by atoms with Crippen molar-refractivity contribution in [1.82, 2.24) is 0 Å². The number of hydrogen-bond donors (Lipinski definition) is 0. The quantitative estimate of drug-likeness (QED) is 0.249. The molecule has 0 atom stereocenters. The van der Waals surface area contributed by atoms with Gasteiger partial charge in [-0.2, -0.15) is 0 Å². The Morgan fingerprint density at radius 2 is 1.39 bits per heavy atom. The third kappa shape index (κ3) is 6.19. The van der Waals surface area contributed by atoms with Crippen LogP contribution in [0.4, 0.5) is 0 Å². The summed E-state index contributed by atoms with van der Waals surface area (Å²) in [5.41, 5.74) is 1.72. The Kier molecular flexibility index (Phi) is 9.23. The Bertz CT molecular complexity index is 978. The second-order valence-corrected chi connectivity index (χ2v) is 10.7. The van der Waals surface area contributed by atoms with E-state index in [0.717, 1.165) is 68.2 Å². The van der Waals surface area contributed by atoms with E-state index in [0.29, 0.717) is 30.5 Å². The van der Waals surface area contributed by atoms with Crippen LogP contribution in [0, 0.1) is 17.3 Å². The van der Waals surface area contributed by atoms with Crippen LogP contribution in [0.15, 0.2) is 48.5 Å². The molecule has 4 nitrogen and oxygen atoms in total.